The van der Waals surface area contributed by atoms with Gasteiger partial charge in [0.05, 0.1) is 0 Å². The molecule has 0 spiro atoms. The summed E-state index contributed by atoms with van der Waals surface area (Å²) in [5.41, 5.74) is 0.777. The second-order valence-electron chi connectivity index (χ2n) is 7.07. The van der Waals surface area contributed by atoms with Crippen LogP contribution in [0.3, 0.4) is 0 Å². The normalized spacial score (nSPS) is 13.9. The maximum absolute atomic E-state index is 13.5. The van der Waals surface area contributed by atoms with Gasteiger partial charge in [0, 0.05) is 22.3 Å². The highest BCUT2D eigenvalue weighted by Gasteiger charge is 2.33. The highest BCUT2D eigenvalue weighted by Crippen LogP contribution is 2.23. The van der Waals surface area contributed by atoms with Crippen LogP contribution in [0, 0.1) is 5.82 Å². The number of halogens is 2. The third-order valence-corrected chi connectivity index (χ3v) is 4.91. The molecule has 1 aliphatic rings. The summed E-state index contributed by atoms with van der Waals surface area (Å²) in [6, 6.07) is 11.9. The van der Waals surface area contributed by atoms with Crippen LogP contribution in [0.15, 0.2) is 48.5 Å². The standard InChI is InChI=1S/C21H21ClFN3O3/c1-14(2)25(21(29)15-5-3-7-17(23)9-15)12-19(27)24-11-20(28)26(13-24)18-8-4-6-16(22)10-18/h3-10,14H,11-13H2,1-2H3. The lowest BCUT2D eigenvalue weighted by atomic mass is 10.1. The van der Waals surface area contributed by atoms with Crippen LogP contribution in [-0.2, 0) is 9.59 Å². The van der Waals surface area contributed by atoms with Gasteiger partial charge < -0.3 is 9.80 Å². The van der Waals surface area contributed by atoms with Gasteiger partial charge in [0.1, 0.15) is 25.6 Å². The van der Waals surface area contributed by atoms with E-state index in [9.17, 15) is 18.8 Å². The molecule has 3 amide bonds. The zero-order valence-electron chi connectivity index (χ0n) is 16.1. The van der Waals surface area contributed by atoms with E-state index in [1.54, 1.807) is 38.1 Å². The highest BCUT2D eigenvalue weighted by atomic mass is 35.5. The van der Waals surface area contributed by atoms with Crippen molar-refractivity contribution in [1.82, 2.24) is 9.80 Å². The largest absolute Gasteiger partial charge is 0.327 e. The lowest BCUT2D eigenvalue weighted by Gasteiger charge is -2.28. The molecule has 0 unspecified atom stereocenters. The van der Waals surface area contributed by atoms with Crippen LogP contribution >= 0.6 is 11.6 Å². The molecule has 0 N–H and O–H groups in total. The summed E-state index contributed by atoms with van der Waals surface area (Å²) < 4.78 is 13.5. The summed E-state index contributed by atoms with van der Waals surface area (Å²) in [5, 5.41) is 0.492. The molecule has 29 heavy (non-hydrogen) atoms. The number of benzene rings is 2. The molecular weight excluding hydrogens is 397 g/mol. The number of hydrogen-bond acceptors (Lipinski definition) is 3. The van der Waals surface area contributed by atoms with Gasteiger partial charge in [-0.3, -0.25) is 19.3 Å². The van der Waals surface area contributed by atoms with Gasteiger partial charge in [-0.05, 0) is 50.2 Å². The van der Waals surface area contributed by atoms with Crippen molar-refractivity contribution in [3.05, 3.63) is 64.9 Å². The van der Waals surface area contributed by atoms with Gasteiger partial charge in [-0.25, -0.2) is 4.39 Å². The molecule has 0 atom stereocenters. The van der Waals surface area contributed by atoms with Crippen molar-refractivity contribution < 1.29 is 18.8 Å². The SMILES string of the molecule is CC(C)N(CC(=O)N1CC(=O)N(c2cccc(Cl)c2)C1)C(=O)c1cccc(F)c1. The number of rotatable bonds is 5. The zero-order chi connectivity index (χ0) is 21.1. The molecule has 152 valence electrons. The first-order chi connectivity index (χ1) is 13.8. The maximum atomic E-state index is 13.5. The van der Waals surface area contributed by atoms with Crippen LogP contribution in [0.5, 0.6) is 0 Å². The van der Waals surface area contributed by atoms with E-state index in [-0.39, 0.29) is 43.2 Å². The Kier molecular flexibility index (Phi) is 6.17. The molecule has 1 heterocycles. The number of anilines is 1. The minimum absolute atomic E-state index is 0.0779. The van der Waals surface area contributed by atoms with E-state index in [1.807, 2.05) is 0 Å². The summed E-state index contributed by atoms with van der Waals surface area (Å²) in [6.07, 6.45) is 0. The van der Waals surface area contributed by atoms with Crippen molar-refractivity contribution >= 4 is 35.0 Å². The second-order valence-corrected chi connectivity index (χ2v) is 7.51. The first-order valence-electron chi connectivity index (χ1n) is 9.16. The number of carbonyl (C=O) groups is 3. The Morgan fingerprint density at radius 1 is 1.17 bits per heavy atom. The van der Waals surface area contributed by atoms with Crippen LogP contribution in [0.1, 0.15) is 24.2 Å². The molecule has 6 nitrogen and oxygen atoms in total. The Labute approximate surface area is 173 Å². The number of carbonyl (C=O) groups excluding carboxylic acids is 3. The van der Waals surface area contributed by atoms with Crippen LogP contribution in [0.2, 0.25) is 5.02 Å². The molecule has 2 aromatic rings. The minimum Gasteiger partial charge on any atom is -0.327 e. The molecule has 1 fully saturated rings. The first-order valence-corrected chi connectivity index (χ1v) is 9.54. The molecule has 0 bridgehead atoms. The molecule has 3 rings (SSSR count). The molecular formula is C21H21ClFN3O3. The van der Waals surface area contributed by atoms with E-state index in [1.165, 1.54) is 32.9 Å². The predicted octanol–water partition coefficient (Wildman–Crippen LogP) is 3.16. The summed E-state index contributed by atoms with van der Waals surface area (Å²) in [5.74, 6) is -1.55. The third kappa shape index (κ3) is 4.74. The fraction of sp³-hybridized carbons (Fsp3) is 0.286. The minimum atomic E-state index is -0.520. The van der Waals surface area contributed by atoms with E-state index >= 15 is 0 Å². The fourth-order valence-electron chi connectivity index (χ4n) is 3.11. The van der Waals surface area contributed by atoms with Crippen LogP contribution in [0.25, 0.3) is 0 Å². The van der Waals surface area contributed by atoms with Gasteiger partial charge in [-0.2, -0.15) is 0 Å². The van der Waals surface area contributed by atoms with E-state index < -0.39 is 11.7 Å². The Morgan fingerprint density at radius 3 is 2.55 bits per heavy atom. The highest BCUT2D eigenvalue weighted by molar-refractivity contribution is 6.31. The molecule has 0 aromatic heterocycles. The van der Waals surface area contributed by atoms with E-state index in [2.05, 4.69) is 0 Å². The summed E-state index contributed by atoms with van der Waals surface area (Å²) >= 11 is 5.99. The van der Waals surface area contributed by atoms with Gasteiger partial charge >= 0.3 is 0 Å². The maximum Gasteiger partial charge on any atom is 0.254 e. The molecule has 1 aliphatic heterocycles. The van der Waals surface area contributed by atoms with E-state index in [0.717, 1.165) is 6.07 Å². The topological polar surface area (TPSA) is 60.9 Å². The third-order valence-electron chi connectivity index (χ3n) is 4.67. The summed E-state index contributed by atoms with van der Waals surface area (Å²) in [7, 11) is 0. The summed E-state index contributed by atoms with van der Waals surface area (Å²) in [4.78, 5) is 42.2. The lowest BCUT2D eigenvalue weighted by molar-refractivity contribution is -0.132. The number of hydrogen-bond donors (Lipinski definition) is 0. The average Bonchev–Trinajstić information content (AvgIpc) is 3.07. The van der Waals surface area contributed by atoms with Gasteiger partial charge in [-0.15, -0.1) is 0 Å². The summed E-state index contributed by atoms with van der Waals surface area (Å²) in [6.45, 7) is 3.35. The van der Waals surface area contributed by atoms with Gasteiger partial charge in [0.2, 0.25) is 11.8 Å². The first kappa shape index (κ1) is 20.8. The molecule has 1 saturated heterocycles. The van der Waals surface area contributed by atoms with Crippen LogP contribution in [0.4, 0.5) is 10.1 Å². The molecule has 8 heteroatoms. The van der Waals surface area contributed by atoms with Gasteiger partial charge in [0.15, 0.2) is 0 Å². The van der Waals surface area contributed by atoms with Gasteiger partial charge in [0.25, 0.3) is 5.91 Å². The van der Waals surface area contributed by atoms with Crippen molar-refractivity contribution in [3.63, 3.8) is 0 Å². The number of amides is 3. The molecule has 0 radical (unpaired) electrons. The van der Waals surface area contributed by atoms with Gasteiger partial charge in [-0.1, -0.05) is 23.7 Å². The molecule has 0 aliphatic carbocycles. The Hall–Kier alpha value is -2.93. The number of nitrogens with zero attached hydrogens (tertiary/aromatic N) is 3. The predicted molar refractivity (Wildman–Crippen MR) is 108 cm³/mol. The van der Waals surface area contributed by atoms with Crippen molar-refractivity contribution in [2.24, 2.45) is 0 Å². The fourth-order valence-corrected chi connectivity index (χ4v) is 3.29. The van der Waals surface area contributed by atoms with Crippen LogP contribution in [-0.4, -0.2) is 53.3 Å². The monoisotopic (exact) mass is 417 g/mol. The lowest BCUT2D eigenvalue weighted by Crippen LogP contribution is -2.45. The quantitative estimate of drug-likeness (QED) is 0.750. The van der Waals surface area contributed by atoms with E-state index in [4.69, 9.17) is 11.6 Å². The Bertz CT molecular complexity index is 950. The zero-order valence-corrected chi connectivity index (χ0v) is 16.9. The average molecular weight is 418 g/mol. The molecule has 0 saturated carbocycles. The van der Waals surface area contributed by atoms with Crippen LogP contribution < -0.4 is 4.90 Å². The van der Waals surface area contributed by atoms with Crippen molar-refractivity contribution in [3.8, 4) is 0 Å². The smallest absolute Gasteiger partial charge is 0.254 e. The van der Waals surface area contributed by atoms with E-state index in [0.29, 0.717) is 10.7 Å². The van der Waals surface area contributed by atoms with Crippen molar-refractivity contribution in [2.75, 3.05) is 24.7 Å². The Balaban J connectivity index is 1.72. The molecule has 2 aromatic carbocycles. The van der Waals surface area contributed by atoms with Crippen molar-refractivity contribution in [1.29, 1.82) is 0 Å². The second kappa shape index (κ2) is 8.61. The van der Waals surface area contributed by atoms with Crippen molar-refractivity contribution in [2.45, 2.75) is 19.9 Å². The Morgan fingerprint density at radius 2 is 1.90 bits per heavy atom.